The second-order valence-corrected chi connectivity index (χ2v) is 6.38. The van der Waals surface area contributed by atoms with Crippen molar-refractivity contribution in [3.8, 4) is 0 Å². The highest BCUT2D eigenvalue weighted by Crippen LogP contribution is 2.17. The highest BCUT2D eigenvalue weighted by molar-refractivity contribution is 7.09. The van der Waals surface area contributed by atoms with Crippen molar-refractivity contribution in [2.45, 2.75) is 25.9 Å². The van der Waals surface area contributed by atoms with Crippen LogP contribution in [0.3, 0.4) is 0 Å². The zero-order chi connectivity index (χ0) is 14.6. The van der Waals surface area contributed by atoms with Gasteiger partial charge >= 0.3 is 0 Å². The minimum Gasteiger partial charge on any atom is -0.378 e. The summed E-state index contributed by atoms with van der Waals surface area (Å²) in [6.07, 6.45) is 0. The Morgan fingerprint density at radius 1 is 1.55 bits per heavy atom. The molecule has 1 aliphatic heterocycles. The van der Waals surface area contributed by atoms with Crippen LogP contribution in [0.5, 0.6) is 0 Å². The molecule has 0 spiro atoms. The van der Waals surface area contributed by atoms with Crippen molar-refractivity contribution >= 4 is 42.1 Å². The fraction of sp³-hybridized carbons (Fsp3) is 0.692. The fourth-order valence-electron chi connectivity index (χ4n) is 2.21. The van der Waals surface area contributed by atoms with Crippen LogP contribution in [0.4, 0.5) is 0 Å². The maximum Gasteiger partial charge on any atom is 0.270 e. The Balaban J connectivity index is 0.00000220. The molecule has 2 heterocycles. The van der Waals surface area contributed by atoms with E-state index in [1.165, 1.54) is 11.3 Å². The van der Waals surface area contributed by atoms with Gasteiger partial charge in [-0.1, -0.05) is 0 Å². The average Bonchev–Trinajstić information content (AvgIpc) is 2.89. The van der Waals surface area contributed by atoms with Crippen LogP contribution in [0.25, 0.3) is 0 Å². The van der Waals surface area contributed by atoms with Gasteiger partial charge in [0.1, 0.15) is 10.7 Å². The Kier molecular flexibility index (Phi) is 9.45. The first kappa shape index (κ1) is 21.6. The van der Waals surface area contributed by atoms with Gasteiger partial charge in [0.05, 0.1) is 13.2 Å². The lowest BCUT2D eigenvalue weighted by Gasteiger charge is -2.42. The Morgan fingerprint density at radius 3 is 2.86 bits per heavy atom. The summed E-state index contributed by atoms with van der Waals surface area (Å²) in [6.45, 7) is 8.49. The van der Waals surface area contributed by atoms with Crippen molar-refractivity contribution in [1.29, 1.82) is 0 Å². The lowest BCUT2D eigenvalue weighted by Crippen LogP contribution is -2.54. The molecule has 1 aromatic rings. The fourth-order valence-corrected chi connectivity index (χ4v) is 2.86. The molecular formula is C13H24Cl2N4O2S. The summed E-state index contributed by atoms with van der Waals surface area (Å²) in [5.41, 5.74) is 5.97. The molecule has 0 saturated carbocycles. The van der Waals surface area contributed by atoms with E-state index in [1.54, 1.807) is 5.38 Å². The summed E-state index contributed by atoms with van der Waals surface area (Å²) in [4.78, 5) is 18.4. The van der Waals surface area contributed by atoms with E-state index < -0.39 is 0 Å². The number of rotatable bonds is 5. The third-order valence-corrected chi connectivity index (χ3v) is 4.31. The molecule has 22 heavy (non-hydrogen) atoms. The van der Waals surface area contributed by atoms with Crippen LogP contribution >= 0.6 is 36.2 Å². The van der Waals surface area contributed by atoms with Crippen molar-refractivity contribution in [1.82, 2.24) is 15.2 Å². The van der Waals surface area contributed by atoms with Crippen LogP contribution in [0.2, 0.25) is 0 Å². The first-order valence-corrected chi connectivity index (χ1v) is 7.66. The van der Waals surface area contributed by atoms with Gasteiger partial charge in [-0.25, -0.2) is 4.98 Å². The molecule has 0 aromatic carbocycles. The molecule has 2 rings (SSSR count). The van der Waals surface area contributed by atoms with Gasteiger partial charge in [0, 0.05) is 37.1 Å². The monoisotopic (exact) mass is 370 g/mol. The minimum atomic E-state index is -0.132. The van der Waals surface area contributed by atoms with Gasteiger partial charge in [0.15, 0.2) is 0 Å². The van der Waals surface area contributed by atoms with Gasteiger partial charge in [-0.2, -0.15) is 0 Å². The molecule has 0 aliphatic carbocycles. The predicted molar refractivity (Wildman–Crippen MR) is 93.3 cm³/mol. The maximum absolute atomic E-state index is 11.9. The zero-order valence-electron chi connectivity index (χ0n) is 12.8. The maximum atomic E-state index is 11.9. The summed E-state index contributed by atoms with van der Waals surface area (Å²) in [5, 5.41) is 5.43. The number of nitrogens with zero attached hydrogens (tertiary/aromatic N) is 2. The number of hydrogen-bond donors (Lipinski definition) is 2. The standard InChI is InChI=1S/C13H22N4O2S.2ClH/c1-13(2)9-19-6-5-17(13)4-3-15-12(18)10-8-20-11(7-14)16-10;;/h8H,3-7,9,14H2,1-2H3,(H,15,18);2*1H. The molecule has 1 aliphatic rings. The van der Waals surface area contributed by atoms with Crippen molar-refractivity contribution in [2.75, 3.05) is 32.8 Å². The molecule has 1 aromatic heterocycles. The SMILES string of the molecule is CC1(C)COCCN1CCNC(=O)c1csc(CN)n1.Cl.Cl. The Bertz CT molecular complexity index is 471. The Labute approximate surface area is 147 Å². The molecule has 3 N–H and O–H groups in total. The summed E-state index contributed by atoms with van der Waals surface area (Å²) >= 11 is 1.42. The molecule has 128 valence electrons. The van der Waals surface area contributed by atoms with Gasteiger partial charge in [-0.3, -0.25) is 9.69 Å². The zero-order valence-corrected chi connectivity index (χ0v) is 15.3. The molecular weight excluding hydrogens is 347 g/mol. The molecule has 0 unspecified atom stereocenters. The van der Waals surface area contributed by atoms with Crippen LogP contribution in [-0.4, -0.2) is 54.2 Å². The van der Waals surface area contributed by atoms with E-state index in [0.29, 0.717) is 18.8 Å². The van der Waals surface area contributed by atoms with Crippen LogP contribution < -0.4 is 11.1 Å². The number of nitrogens with one attached hydrogen (secondary N) is 1. The highest BCUT2D eigenvalue weighted by Gasteiger charge is 2.29. The molecule has 0 atom stereocenters. The number of carbonyl (C=O) groups is 1. The number of nitrogens with two attached hydrogens (primary N) is 1. The molecule has 0 radical (unpaired) electrons. The molecule has 6 nitrogen and oxygen atoms in total. The number of carbonyl (C=O) groups excluding carboxylic acids is 1. The normalized spacial score (nSPS) is 17.2. The largest absolute Gasteiger partial charge is 0.378 e. The summed E-state index contributed by atoms with van der Waals surface area (Å²) < 4.78 is 5.48. The molecule has 1 amide bonds. The number of thiazole rings is 1. The number of morpholine rings is 1. The van der Waals surface area contributed by atoms with E-state index in [9.17, 15) is 4.79 Å². The van der Waals surface area contributed by atoms with Crippen molar-refractivity contribution in [3.05, 3.63) is 16.1 Å². The van der Waals surface area contributed by atoms with Crippen LogP contribution in [-0.2, 0) is 11.3 Å². The number of halogens is 2. The van der Waals surface area contributed by atoms with Crippen molar-refractivity contribution in [2.24, 2.45) is 5.73 Å². The van der Waals surface area contributed by atoms with E-state index in [-0.39, 0.29) is 36.3 Å². The van der Waals surface area contributed by atoms with Crippen LogP contribution in [0.1, 0.15) is 29.3 Å². The van der Waals surface area contributed by atoms with E-state index in [1.807, 2.05) is 0 Å². The summed E-state index contributed by atoms with van der Waals surface area (Å²) in [5.74, 6) is -0.132. The van der Waals surface area contributed by atoms with Crippen molar-refractivity contribution < 1.29 is 9.53 Å². The second-order valence-electron chi connectivity index (χ2n) is 5.44. The quantitative estimate of drug-likeness (QED) is 0.815. The number of ether oxygens (including phenoxy) is 1. The Hall–Kier alpha value is -0.440. The number of aromatic nitrogens is 1. The summed E-state index contributed by atoms with van der Waals surface area (Å²) in [6, 6.07) is 0. The summed E-state index contributed by atoms with van der Waals surface area (Å²) in [7, 11) is 0. The van der Waals surface area contributed by atoms with Gasteiger partial charge < -0.3 is 15.8 Å². The minimum absolute atomic E-state index is 0. The lowest BCUT2D eigenvalue weighted by molar-refractivity contribution is -0.0498. The van der Waals surface area contributed by atoms with Gasteiger partial charge in [-0.05, 0) is 13.8 Å². The lowest BCUT2D eigenvalue weighted by atomic mass is 10.0. The Morgan fingerprint density at radius 2 is 2.27 bits per heavy atom. The molecule has 1 fully saturated rings. The predicted octanol–water partition coefficient (Wildman–Crippen LogP) is 1.29. The van der Waals surface area contributed by atoms with Crippen LogP contribution in [0, 0.1) is 0 Å². The van der Waals surface area contributed by atoms with Crippen molar-refractivity contribution in [3.63, 3.8) is 0 Å². The van der Waals surface area contributed by atoms with E-state index in [2.05, 4.69) is 29.0 Å². The molecule has 9 heteroatoms. The van der Waals surface area contributed by atoms with Crippen LogP contribution in [0.15, 0.2) is 5.38 Å². The van der Waals surface area contributed by atoms with E-state index in [4.69, 9.17) is 10.5 Å². The van der Waals surface area contributed by atoms with E-state index in [0.717, 1.165) is 31.3 Å². The molecule has 0 bridgehead atoms. The molecule has 1 saturated heterocycles. The number of amides is 1. The van der Waals surface area contributed by atoms with E-state index >= 15 is 0 Å². The smallest absolute Gasteiger partial charge is 0.270 e. The third kappa shape index (κ3) is 5.64. The second kappa shape index (κ2) is 9.64. The average molecular weight is 371 g/mol. The third-order valence-electron chi connectivity index (χ3n) is 3.44. The first-order chi connectivity index (χ1) is 9.53. The number of hydrogen-bond acceptors (Lipinski definition) is 6. The topological polar surface area (TPSA) is 80.5 Å². The highest BCUT2D eigenvalue weighted by atomic mass is 35.5. The first-order valence-electron chi connectivity index (χ1n) is 6.78. The van der Waals surface area contributed by atoms with Gasteiger partial charge in [0.2, 0.25) is 0 Å². The van der Waals surface area contributed by atoms with Gasteiger partial charge in [-0.15, -0.1) is 36.2 Å². The van der Waals surface area contributed by atoms with Gasteiger partial charge in [0.25, 0.3) is 5.91 Å².